The Bertz CT molecular complexity index is 1240. The third kappa shape index (κ3) is 4.55. The van der Waals surface area contributed by atoms with Crippen LogP contribution in [0.1, 0.15) is 11.1 Å². The van der Waals surface area contributed by atoms with Crippen LogP contribution >= 0.6 is 23.8 Å². The summed E-state index contributed by atoms with van der Waals surface area (Å²) in [6.45, 7) is 5.71. The minimum absolute atomic E-state index is 0.0347. The number of nitrogens with zero attached hydrogens (tertiary/aromatic N) is 3. The van der Waals surface area contributed by atoms with Gasteiger partial charge in [0.25, 0.3) is 0 Å². The van der Waals surface area contributed by atoms with Crippen molar-refractivity contribution in [2.24, 2.45) is 0 Å². The molecule has 0 fully saturated rings. The average molecular weight is 457 g/mol. The van der Waals surface area contributed by atoms with E-state index in [-0.39, 0.29) is 16.5 Å². The molecule has 0 spiro atoms. The lowest BCUT2D eigenvalue weighted by atomic mass is 10.1. The number of benzene rings is 2. The van der Waals surface area contributed by atoms with E-state index in [4.69, 9.17) is 28.6 Å². The van der Waals surface area contributed by atoms with Crippen molar-refractivity contribution < 1.29 is 14.6 Å². The molecule has 2 aromatic carbocycles. The van der Waals surface area contributed by atoms with Crippen molar-refractivity contribution >= 4 is 36.0 Å². The Morgan fingerprint density at radius 3 is 2.81 bits per heavy atom. The lowest BCUT2D eigenvalue weighted by molar-refractivity contribution is 0.172. The number of allylic oxidation sites excluding steroid dienone is 2. The Morgan fingerprint density at radius 2 is 2.13 bits per heavy atom. The minimum Gasteiger partial charge on any atom is -0.507 e. The van der Waals surface area contributed by atoms with Crippen molar-refractivity contribution in [3.63, 3.8) is 0 Å². The Balaban J connectivity index is 2.17. The third-order valence-electron chi connectivity index (χ3n) is 4.47. The molecule has 1 heterocycles. The van der Waals surface area contributed by atoms with Gasteiger partial charge in [0.1, 0.15) is 5.75 Å². The molecular formula is C22H21ClN4O3S. The Labute approximate surface area is 189 Å². The number of amides is 1. The van der Waals surface area contributed by atoms with E-state index in [0.29, 0.717) is 16.2 Å². The maximum Gasteiger partial charge on any atom is 0.414 e. The second-order valence-electron chi connectivity index (χ2n) is 6.85. The molecule has 0 saturated carbocycles. The van der Waals surface area contributed by atoms with Gasteiger partial charge in [-0.15, -0.1) is 0 Å². The van der Waals surface area contributed by atoms with Gasteiger partial charge in [-0.1, -0.05) is 48.5 Å². The predicted molar refractivity (Wildman–Crippen MR) is 125 cm³/mol. The highest BCUT2D eigenvalue weighted by atomic mass is 35.5. The van der Waals surface area contributed by atoms with E-state index in [1.807, 2.05) is 37.3 Å². The molecule has 0 bridgehead atoms. The van der Waals surface area contributed by atoms with Crippen molar-refractivity contribution in [1.82, 2.24) is 19.7 Å². The quantitative estimate of drug-likeness (QED) is 0.390. The zero-order chi connectivity index (χ0) is 22.7. The first-order chi connectivity index (χ1) is 14.7. The number of phenols is 1. The minimum atomic E-state index is -0.616. The van der Waals surface area contributed by atoms with Crippen molar-refractivity contribution in [1.29, 1.82) is 0 Å². The van der Waals surface area contributed by atoms with Gasteiger partial charge in [-0.05, 0) is 36.8 Å². The molecule has 3 aromatic rings. The van der Waals surface area contributed by atoms with Crippen molar-refractivity contribution in [2.45, 2.75) is 6.92 Å². The summed E-state index contributed by atoms with van der Waals surface area (Å²) < 4.78 is 7.25. The lowest BCUT2D eigenvalue weighted by Gasteiger charge is -2.15. The van der Waals surface area contributed by atoms with Crippen LogP contribution in [0.25, 0.3) is 23.2 Å². The van der Waals surface area contributed by atoms with Crippen LogP contribution in [0.15, 0.2) is 49.1 Å². The number of aromatic hydroxyl groups is 1. The molecule has 0 radical (unpaired) electrons. The maximum atomic E-state index is 11.8. The van der Waals surface area contributed by atoms with Crippen LogP contribution in [-0.2, 0) is 0 Å². The highest BCUT2D eigenvalue weighted by Crippen LogP contribution is 2.38. The van der Waals surface area contributed by atoms with E-state index in [2.05, 4.69) is 16.8 Å². The number of halogens is 1. The van der Waals surface area contributed by atoms with Gasteiger partial charge in [-0.3, -0.25) is 9.67 Å². The van der Waals surface area contributed by atoms with E-state index in [9.17, 15) is 9.90 Å². The summed E-state index contributed by atoms with van der Waals surface area (Å²) in [4.78, 5) is 13.1. The number of ether oxygens (including phenoxy) is 1. The number of carbonyl (C=O) groups is 1. The van der Waals surface area contributed by atoms with Gasteiger partial charge >= 0.3 is 6.09 Å². The molecule has 0 saturated heterocycles. The van der Waals surface area contributed by atoms with Crippen LogP contribution in [0.4, 0.5) is 4.79 Å². The zero-order valence-electron chi connectivity index (χ0n) is 17.2. The van der Waals surface area contributed by atoms with Crippen molar-refractivity contribution in [3.05, 3.63) is 70.0 Å². The number of rotatable bonds is 5. The number of nitrogens with one attached hydrogen (secondary N) is 1. The van der Waals surface area contributed by atoms with Gasteiger partial charge in [0.05, 0.1) is 16.3 Å². The standard InChI is InChI=1S/C22H21ClN4O3S/c1-5-6-9-14-13(2)8-7-10-17(14)27-20(24-25-21(27)31)15-11-16(23)19(12-18(15)28)30-22(29)26(3)4/h5-12,28H,1H2,2-4H3,(H,25,31). The molecule has 0 aliphatic carbocycles. The number of aromatic nitrogens is 3. The lowest BCUT2D eigenvalue weighted by Crippen LogP contribution is -2.25. The summed E-state index contributed by atoms with van der Waals surface area (Å²) in [5.74, 6) is 0.221. The highest BCUT2D eigenvalue weighted by molar-refractivity contribution is 7.71. The zero-order valence-corrected chi connectivity index (χ0v) is 18.8. The molecule has 160 valence electrons. The summed E-state index contributed by atoms with van der Waals surface area (Å²) in [5.41, 5.74) is 3.04. The van der Waals surface area contributed by atoms with Crippen LogP contribution in [-0.4, -0.2) is 45.0 Å². The molecule has 2 N–H and O–H groups in total. The van der Waals surface area contributed by atoms with Crippen molar-refractivity contribution in [2.75, 3.05) is 14.1 Å². The summed E-state index contributed by atoms with van der Waals surface area (Å²) in [6, 6.07) is 8.54. The highest BCUT2D eigenvalue weighted by Gasteiger charge is 2.20. The molecule has 0 aliphatic rings. The van der Waals surface area contributed by atoms with Crippen LogP contribution in [0, 0.1) is 11.7 Å². The van der Waals surface area contributed by atoms with Crippen LogP contribution in [0.2, 0.25) is 5.02 Å². The number of hydrogen-bond acceptors (Lipinski definition) is 5. The molecule has 7 nitrogen and oxygen atoms in total. The second-order valence-corrected chi connectivity index (χ2v) is 7.65. The fourth-order valence-electron chi connectivity index (χ4n) is 2.93. The summed E-state index contributed by atoms with van der Waals surface area (Å²) >= 11 is 11.8. The van der Waals surface area contributed by atoms with E-state index in [1.54, 1.807) is 24.7 Å². The summed E-state index contributed by atoms with van der Waals surface area (Å²) in [6.07, 6.45) is 4.82. The number of aromatic amines is 1. The van der Waals surface area contributed by atoms with E-state index < -0.39 is 6.09 Å². The molecule has 31 heavy (non-hydrogen) atoms. The van der Waals surface area contributed by atoms with Crippen molar-refractivity contribution in [3.8, 4) is 28.6 Å². The smallest absolute Gasteiger partial charge is 0.414 e. The van der Waals surface area contributed by atoms with E-state index >= 15 is 0 Å². The maximum absolute atomic E-state index is 11.8. The molecule has 3 rings (SSSR count). The van der Waals surface area contributed by atoms with Gasteiger partial charge in [0.2, 0.25) is 0 Å². The van der Waals surface area contributed by atoms with Gasteiger partial charge < -0.3 is 14.7 Å². The predicted octanol–water partition coefficient (Wildman–Crippen LogP) is 5.52. The van der Waals surface area contributed by atoms with Gasteiger partial charge in [-0.25, -0.2) is 4.79 Å². The molecule has 0 atom stereocenters. The molecule has 9 heteroatoms. The third-order valence-corrected chi connectivity index (χ3v) is 5.04. The largest absolute Gasteiger partial charge is 0.507 e. The van der Waals surface area contributed by atoms with Gasteiger partial charge in [-0.2, -0.15) is 5.10 Å². The van der Waals surface area contributed by atoms with Crippen LogP contribution in [0.5, 0.6) is 11.5 Å². The van der Waals surface area contributed by atoms with E-state index in [0.717, 1.165) is 16.8 Å². The number of phenolic OH excluding ortho intramolecular Hbond substituents is 1. The molecule has 0 aliphatic heterocycles. The second kappa shape index (κ2) is 9.20. The molecule has 0 unspecified atom stereocenters. The Hall–Kier alpha value is -3.36. The number of hydrogen-bond donors (Lipinski definition) is 2. The first kappa shape index (κ1) is 22.3. The van der Waals surface area contributed by atoms with Gasteiger partial charge in [0.15, 0.2) is 16.3 Å². The Morgan fingerprint density at radius 1 is 1.39 bits per heavy atom. The SMILES string of the molecule is C=CC=Cc1c(C)cccc1-n1c(-c2cc(Cl)c(OC(=O)N(C)C)cc2O)n[nH]c1=S. The average Bonchev–Trinajstić information content (AvgIpc) is 3.10. The fourth-order valence-corrected chi connectivity index (χ4v) is 3.36. The van der Waals surface area contributed by atoms with Crippen LogP contribution in [0.3, 0.4) is 0 Å². The number of aryl methyl sites for hydroxylation is 1. The van der Waals surface area contributed by atoms with E-state index in [1.165, 1.54) is 17.0 Å². The summed E-state index contributed by atoms with van der Waals surface area (Å²) in [7, 11) is 3.09. The Kier molecular flexibility index (Phi) is 6.62. The molecule has 1 amide bonds. The number of H-pyrrole nitrogens is 1. The fraction of sp³-hybridized carbons (Fsp3) is 0.136. The topological polar surface area (TPSA) is 83.4 Å². The monoisotopic (exact) mass is 456 g/mol. The van der Waals surface area contributed by atoms with Crippen LogP contribution < -0.4 is 4.74 Å². The summed E-state index contributed by atoms with van der Waals surface area (Å²) in [5, 5.41) is 17.9. The normalized spacial score (nSPS) is 11.0. The molecular weight excluding hydrogens is 436 g/mol. The van der Waals surface area contributed by atoms with Gasteiger partial charge in [0, 0.05) is 25.7 Å². The first-order valence-electron chi connectivity index (χ1n) is 9.23. The number of carbonyl (C=O) groups excluding carboxylic acids is 1. The molecule has 1 aromatic heterocycles. The first-order valence-corrected chi connectivity index (χ1v) is 10.0.